The van der Waals surface area contributed by atoms with Crippen LogP contribution in [-0.4, -0.2) is 74.7 Å². The van der Waals surface area contributed by atoms with Gasteiger partial charge in [-0.15, -0.1) is 0 Å². The number of aliphatic hydroxyl groups excluding tert-OH is 4. The molecule has 0 radical (unpaired) electrons. The van der Waals surface area contributed by atoms with Gasteiger partial charge in [0.2, 0.25) is 0 Å². The van der Waals surface area contributed by atoms with Crippen molar-refractivity contribution in [2.45, 2.75) is 102 Å². The zero-order chi connectivity index (χ0) is 21.1. The fourth-order valence-electron chi connectivity index (χ4n) is 1.67. The van der Waals surface area contributed by atoms with Gasteiger partial charge in [0.25, 0.3) is 0 Å². The molecule has 0 fully saturated rings. The number of rotatable bonds is 9. The molecule has 0 aromatic rings. The lowest BCUT2D eigenvalue weighted by molar-refractivity contribution is -0.121. The molecule has 0 aromatic carbocycles. The minimum Gasteiger partial charge on any atom is -0.414 e. The Morgan fingerprint density at radius 2 is 0.846 bits per heavy atom. The third kappa shape index (κ3) is 7.31. The quantitative estimate of drug-likeness (QED) is 0.436. The summed E-state index contributed by atoms with van der Waals surface area (Å²) < 4.78 is 11.8. The minimum absolute atomic E-state index is 0.0210. The molecule has 0 rings (SSSR count). The van der Waals surface area contributed by atoms with Crippen LogP contribution < -0.4 is 0 Å². The summed E-state index contributed by atoms with van der Waals surface area (Å²) in [6.45, 7) is 20.5. The summed E-state index contributed by atoms with van der Waals surface area (Å²) in [5.74, 6) is 0. The molecule has 0 aliphatic heterocycles. The summed E-state index contributed by atoms with van der Waals surface area (Å²) in [4.78, 5) is 0. The third-order valence-electron chi connectivity index (χ3n) is 5.98. The summed E-state index contributed by atoms with van der Waals surface area (Å²) in [6.07, 6.45) is -5.56. The lowest BCUT2D eigenvalue weighted by Crippen LogP contribution is -2.51. The fraction of sp³-hybridized carbons (Fsp3) is 1.00. The smallest absolute Gasteiger partial charge is 0.192 e. The highest BCUT2D eigenvalue weighted by Gasteiger charge is 2.40. The molecule has 158 valence electrons. The molecule has 0 aromatic heterocycles. The predicted molar refractivity (Wildman–Crippen MR) is 110 cm³/mol. The van der Waals surface area contributed by atoms with Crippen LogP contribution in [0, 0.1) is 0 Å². The Kier molecular flexibility index (Phi) is 9.20. The molecule has 0 amide bonds. The van der Waals surface area contributed by atoms with E-state index in [4.69, 9.17) is 8.85 Å². The first-order valence-corrected chi connectivity index (χ1v) is 15.2. The van der Waals surface area contributed by atoms with Crippen LogP contribution in [0.15, 0.2) is 0 Å². The molecule has 26 heavy (non-hydrogen) atoms. The average Bonchev–Trinajstić information content (AvgIpc) is 2.46. The lowest BCUT2D eigenvalue weighted by atomic mass is 10.0. The first kappa shape index (κ1) is 26.2. The lowest BCUT2D eigenvalue weighted by Gasteiger charge is -2.38. The Bertz CT molecular complexity index is 388. The van der Waals surface area contributed by atoms with E-state index in [1.54, 1.807) is 0 Å². The zero-order valence-electron chi connectivity index (χ0n) is 18.3. The standard InChI is InChI=1S/C18H42O6Si2/c1-17(2,3)25(7,8)23-11-13(19)15(21)16(22)14(20)12-24-26(9,10)18(4,5)6/h13-16,19-22H,11-12H2,1-10H3/t13-,14-,15-,16-/m1/s1. The van der Waals surface area contributed by atoms with E-state index in [9.17, 15) is 20.4 Å². The predicted octanol–water partition coefficient (Wildman–Crippen LogP) is 2.47. The molecule has 0 aliphatic carbocycles. The van der Waals surface area contributed by atoms with Crippen LogP contribution in [0.4, 0.5) is 0 Å². The monoisotopic (exact) mass is 410 g/mol. The maximum absolute atomic E-state index is 10.2. The maximum Gasteiger partial charge on any atom is 0.192 e. The zero-order valence-corrected chi connectivity index (χ0v) is 20.3. The minimum atomic E-state index is -2.07. The van der Waals surface area contributed by atoms with Gasteiger partial charge in [-0.1, -0.05) is 41.5 Å². The van der Waals surface area contributed by atoms with E-state index < -0.39 is 41.1 Å². The van der Waals surface area contributed by atoms with Gasteiger partial charge in [-0.05, 0) is 36.3 Å². The van der Waals surface area contributed by atoms with E-state index in [-0.39, 0.29) is 23.3 Å². The van der Waals surface area contributed by atoms with Crippen LogP contribution in [0.5, 0.6) is 0 Å². The number of hydrogen-bond donors (Lipinski definition) is 4. The summed E-state index contributed by atoms with van der Waals surface area (Å²) in [6, 6.07) is 0. The van der Waals surface area contributed by atoms with Crippen molar-refractivity contribution in [3.05, 3.63) is 0 Å². The highest BCUT2D eigenvalue weighted by atomic mass is 28.4. The van der Waals surface area contributed by atoms with E-state index >= 15 is 0 Å². The molecule has 0 bridgehead atoms. The Hall–Kier alpha value is 0.194. The van der Waals surface area contributed by atoms with Gasteiger partial charge < -0.3 is 29.3 Å². The highest BCUT2D eigenvalue weighted by molar-refractivity contribution is 6.74. The van der Waals surface area contributed by atoms with Crippen LogP contribution in [0.3, 0.4) is 0 Å². The van der Waals surface area contributed by atoms with Crippen molar-refractivity contribution in [3.8, 4) is 0 Å². The molecule has 6 nitrogen and oxygen atoms in total. The Labute approximate surface area is 161 Å². The second-order valence-electron chi connectivity index (χ2n) is 10.3. The molecule has 0 saturated carbocycles. The number of hydrogen-bond acceptors (Lipinski definition) is 6. The van der Waals surface area contributed by atoms with Crippen LogP contribution >= 0.6 is 0 Å². The SMILES string of the molecule is CC(C)(C)[Si](C)(C)OC[C@@H](O)[C@@H](O)[C@H](O)[C@H](O)CO[Si](C)(C)C(C)(C)C. The van der Waals surface area contributed by atoms with Gasteiger partial charge in [0.1, 0.15) is 24.4 Å². The molecular formula is C18H42O6Si2. The van der Waals surface area contributed by atoms with Gasteiger partial charge in [-0.25, -0.2) is 0 Å². The van der Waals surface area contributed by atoms with Gasteiger partial charge in [0.15, 0.2) is 16.6 Å². The van der Waals surface area contributed by atoms with Crippen molar-refractivity contribution in [3.63, 3.8) is 0 Å². The maximum atomic E-state index is 10.2. The van der Waals surface area contributed by atoms with E-state index in [0.717, 1.165) is 0 Å². The highest BCUT2D eigenvalue weighted by Crippen LogP contribution is 2.37. The van der Waals surface area contributed by atoms with Gasteiger partial charge >= 0.3 is 0 Å². The molecule has 8 heteroatoms. The van der Waals surface area contributed by atoms with Gasteiger partial charge in [-0.2, -0.15) is 0 Å². The molecule has 4 N–H and O–H groups in total. The topological polar surface area (TPSA) is 99.4 Å². The first-order valence-electron chi connectivity index (χ1n) is 9.33. The van der Waals surface area contributed by atoms with E-state index in [0.29, 0.717) is 0 Å². The normalized spacial score (nSPS) is 19.2. The van der Waals surface area contributed by atoms with Crippen molar-refractivity contribution in [1.82, 2.24) is 0 Å². The van der Waals surface area contributed by atoms with Crippen LogP contribution in [-0.2, 0) is 8.85 Å². The molecule has 0 spiro atoms. The largest absolute Gasteiger partial charge is 0.414 e. The molecule has 0 aliphatic rings. The van der Waals surface area contributed by atoms with Crippen molar-refractivity contribution in [1.29, 1.82) is 0 Å². The second-order valence-corrected chi connectivity index (χ2v) is 19.9. The van der Waals surface area contributed by atoms with Crippen molar-refractivity contribution in [2.75, 3.05) is 13.2 Å². The fourth-order valence-corrected chi connectivity index (χ4v) is 3.71. The van der Waals surface area contributed by atoms with Crippen LogP contribution in [0.25, 0.3) is 0 Å². The first-order chi connectivity index (χ1) is 11.3. The summed E-state index contributed by atoms with van der Waals surface area (Å²) >= 11 is 0. The van der Waals surface area contributed by atoms with Gasteiger partial charge in [0, 0.05) is 0 Å². The molecule has 4 atom stereocenters. The Morgan fingerprint density at radius 3 is 1.04 bits per heavy atom. The molecular weight excluding hydrogens is 368 g/mol. The van der Waals surface area contributed by atoms with Crippen molar-refractivity contribution < 1.29 is 29.3 Å². The average molecular weight is 411 g/mol. The van der Waals surface area contributed by atoms with Crippen LogP contribution in [0.1, 0.15) is 41.5 Å². The Balaban J connectivity index is 4.67. The number of aliphatic hydroxyl groups is 4. The van der Waals surface area contributed by atoms with Crippen molar-refractivity contribution in [2.24, 2.45) is 0 Å². The molecule has 0 saturated heterocycles. The molecule has 0 unspecified atom stereocenters. The van der Waals surface area contributed by atoms with Gasteiger partial charge in [0.05, 0.1) is 13.2 Å². The summed E-state index contributed by atoms with van der Waals surface area (Å²) in [5, 5.41) is 40.6. The summed E-state index contributed by atoms with van der Waals surface area (Å²) in [7, 11) is -4.14. The second kappa shape index (κ2) is 9.13. The Morgan fingerprint density at radius 1 is 0.615 bits per heavy atom. The summed E-state index contributed by atoms with van der Waals surface area (Å²) in [5.41, 5.74) is 0. The van der Waals surface area contributed by atoms with E-state index in [1.807, 2.05) is 26.2 Å². The van der Waals surface area contributed by atoms with E-state index in [1.165, 1.54) is 0 Å². The third-order valence-corrected chi connectivity index (χ3v) is 15.0. The molecule has 0 heterocycles. The van der Waals surface area contributed by atoms with Gasteiger partial charge in [-0.3, -0.25) is 0 Å². The van der Waals surface area contributed by atoms with E-state index in [2.05, 4.69) is 41.5 Å². The van der Waals surface area contributed by atoms with Crippen LogP contribution in [0.2, 0.25) is 36.3 Å². The van der Waals surface area contributed by atoms with Crippen molar-refractivity contribution >= 4 is 16.6 Å².